The van der Waals surface area contributed by atoms with Gasteiger partial charge in [-0.15, -0.1) is 0 Å². The molecule has 226 valence electrons. The van der Waals surface area contributed by atoms with Crippen molar-refractivity contribution in [3.05, 3.63) is 52.1 Å². The minimum absolute atomic E-state index is 0.0158. The number of aryl methyl sites for hydroxylation is 3. The maximum absolute atomic E-state index is 13.8. The second kappa shape index (κ2) is 13.1. The van der Waals surface area contributed by atoms with E-state index in [1.807, 2.05) is 53.7 Å². The van der Waals surface area contributed by atoms with Crippen molar-refractivity contribution < 1.29 is 19.5 Å². The van der Waals surface area contributed by atoms with Crippen LogP contribution in [0.25, 0.3) is 0 Å². The van der Waals surface area contributed by atoms with E-state index < -0.39 is 5.97 Å². The van der Waals surface area contributed by atoms with E-state index in [1.165, 1.54) is 6.33 Å². The molecule has 5 rings (SSSR count). The van der Waals surface area contributed by atoms with Crippen LogP contribution in [0.15, 0.2) is 24.5 Å². The van der Waals surface area contributed by atoms with Gasteiger partial charge in [-0.1, -0.05) is 17.7 Å². The molecule has 1 N–H and O–H groups in total. The highest BCUT2D eigenvalue weighted by Gasteiger charge is 2.42. The fraction of sp³-hybridized carbons (Fsp3) is 0.581. The van der Waals surface area contributed by atoms with Gasteiger partial charge >= 0.3 is 5.97 Å². The summed E-state index contributed by atoms with van der Waals surface area (Å²) in [4.78, 5) is 54.8. The molecule has 0 saturated carbocycles. The van der Waals surface area contributed by atoms with Crippen LogP contribution in [0.4, 0.5) is 5.69 Å². The van der Waals surface area contributed by atoms with Crippen LogP contribution in [0.1, 0.15) is 46.6 Å². The molecule has 3 saturated heterocycles. The molecule has 1 aromatic heterocycles. The highest BCUT2D eigenvalue weighted by atomic mass is 35.5. The van der Waals surface area contributed by atoms with Crippen LogP contribution in [0.2, 0.25) is 5.02 Å². The first kappa shape index (κ1) is 30.4. The number of hydrogen-bond acceptors (Lipinski definition) is 7. The summed E-state index contributed by atoms with van der Waals surface area (Å²) in [6.07, 6.45) is 3.64. The smallest absolute Gasteiger partial charge is 0.317 e. The van der Waals surface area contributed by atoms with Gasteiger partial charge in [-0.05, 0) is 89.2 Å². The van der Waals surface area contributed by atoms with Crippen LogP contribution in [-0.4, -0.2) is 106 Å². The predicted octanol–water partition coefficient (Wildman–Crippen LogP) is 3.28. The Labute approximate surface area is 252 Å². The number of aromatic nitrogens is 2. The number of carboxylic acids is 1. The van der Waals surface area contributed by atoms with Gasteiger partial charge < -0.3 is 19.8 Å². The van der Waals surface area contributed by atoms with E-state index >= 15 is 0 Å². The van der Waals surface area contributed by atoms with Gasteiger partial charge in [0.2, 0.25) is 5.91 Å². The average molecular weight is 597 g/mol. The monoisotopic (exact) mass is 596 g/mol. The summed E-state index contributed by atoms with van der Waals surface area (Å²) in [5.74, 6) is 0.0517. The van der Waals surface area contributed by atoms with Crippen molar-refractivity contribution in [3.8, 4) is 0 Å². The van der Waals surface area contributed by atoms with E-state index in [9.17, 15) is 14.4 Å². The first-order valence-corrected chi connectivity index (χ1v) is 15.3. The Morgan fingerprint density at radius 2 is 1.62 bits per heavy atom. The number of carbonyl (C=O) groups is 3. The van der Waals surface area contributed by atoms with Gasteiger partial charge in [-0.2, -0.15) is 0 Å². The number of nitrogens with zero attached hydrogens (tertiary/aromatic N) is 6. The Bertz CT molecular complexity index is 1300. The van der Waals surface area contributed by atoms with Crippen LogP contribution in [0.3, 0.4) is 0 Å². The van der Waals surface area contributed by atoms with Gasteiger partial charge in [0.05, 0.1) is 23.5 Å². The number of carboxylic acid groups (broad SMARTS) is 1. The van der Waals surface area contributed by atoms with Gasteiger partial charge in [0.1, 0.15) is 6.33 Å². The van der Waals surface area contributed by atoms with Crippen molar-refractivity contribution in [2.75, 3.05) is 63.8 Å². The van der Waals surface area contributed by atoms with Gasteiger partial charge in [-0.25, -0.2) is 9.97 Å². The Hall–Kier alpha value is -3.08. The molecule has 3 fully saturated rings. The summed E-state index contributed by atoms with van der Waals surface area (Å²) in [6, 6.07) is 5.79. The van der Waals surface area contributed by atoms with Gasteiger partial charge in [0.15, 0.2) is 0 Å². The number of likely N-dealkylation sites (tertiary alicyclic amines) is 3. The third-order valence-corrected chi connectivity index (χ3v) is 9.58. The van der Waals surface area contributed by atoms with E-state index in [1.54, 1.807) is 0 Å². The zero-order chi connectivity index (χ0) is 30.0. The topological polar surface area (TPSA) is 110 Å². The minimum atomic E-state index is -0.836. The molecule has 10 nitrogen and oxygen atoms in total. The first-order chi connectivity index (χ1) is 20.1. The van der Waals surface area contributed by atoms with Crippen LogP contribution < -0.4 is 4.90 Å². The average Bonchev–Trinajstić information content (AvgIpc) is 3.52. The highest BCUT2D eigenvalue weighted by molar-refractivity contribution is 6.31. The number of rotatable bonds is 9. The summed E-state index contributed by atoms with van der Waals surface area (Å²) in [7, 11) is 0. The highest BCUT2D eigenvalue weighted by Crippen LogP contribution is 2.33. The number of fused-ring (bicyclic) bond motifs is 1. The van der Waals surface area contributed by atoms with E-state index in [0.29, 0.717) is 54.9 Å². The number of aliphatic carboxylic acids is 1. The van der Waals surface area contributed by atoms with Crippen molar-refractivity contribution in [1.29, 1.82) is 0 Å². The molecule has 0 bridgehead atoms. The summed E-state index contributed by atoms with van der Waals surface area (Å²) in [5, 5.41) is 9.75. The number of halogens is 1. The molecule has 2 aromatic rings. The summed E-state index contributed by atoms with van der Waals surface area (Å²) in [5.41, 5.74) is 3.86. The van der Waals surface area contributed by atoms with Gasteiger partial charge in [0.25, 0.3) is 5.91 Å². The van der Waals surface area contributed by atoms with E-state index in [2.05, 4.69) is 14.9 Å². The molecule has 0 aliphatic carbocycles. The van der Waals surface area contributed by atoms with E-state index in [0.717, 1.165) is 61.8 Å². The lowest BCUT2D eigenvalue weighted by atomic mass is 9.94. The lowest BCUT2D eigenvalue weighted by Crippen LogP contribution is -2.44. The van der Waals surface area contributed by atoms with Crippen molar-refractivity contribution in [1.82, 2.24) is 24.7 Å². The molecular formula is C31H41ClN6O4. The molecule has 4 heterocycles. The maximum Gasteiger partial charge on any atom is 0.317 e. The molecule has 3 aliphatic heterocycles. The molecule has 42 heavy (non-hydrogen) atoms. The van der Waals surface area contributed by atoms with E-state index in [4.69, 9.17) is 16.7 Å². The van der Waals surface area contributed by atoms with Crippen LogP contribution >= 0.6 is 11.6 Å². The Morgan fingerprint density at radius 1 is 0.976 bits per heavy atom. The molecule has 1 aromatic carbocycles. The van der Waals surface area contributed by atoms with Gasteiger partial charge in [0, 0.05) is 49.4 Å². The number of carbonyl (C=O) groups excluding carboxylic acids is 2. The number of benzene rings is 1. The normalized spacial score (nSPS) is 21.5. The number of amides is 2. The lowest BCUT2D eigenvalue weighted by molar-refractivity contribution is -0.138. The number of hydrogen-bond donors (Lipinski definition) is 1. The lowest BCUT2D eigenvalue weighted by Gasteiger charge is -2.34. The summed E-state index contributed by atoms with van der Waals surface area (Å²) >= 11 is 6.46. The maximum atomic E-state index is 13.8. The molecule has 0 radical (unpaired) electrons. The molecular weight excluding hydrogens is 556 g/mol. The Balaban J connectivity index is 1.16. The number of anilines is 1. The molecule has 2 amide bonds. The van der Waals surface area contributed by atoms with Crippen molar-refractivity contribution in [3.63, 3.8) is 0 Å². The van der Waals surface area contributed by atoms with E-state index in [-0.39, 0.29) is 24.3 Å². The summed E-state index contributed by atoms with van der Waals surface area (Å²) < 4.78 is 0. The quantitative estimate of drug-likeness (QED) is 0.470. The zero-order valence-electron chi connectivity index (χ0n) is 24.8. The molecule has 2 unspecified atom stereocenters. The second-order valence-corrected chi connectivity index (χ2v) is 12.5. The minimum Gasteiger partial charge on any atom is -0.480 e. The Morgan fingerprint density at radius 3 is 2.21 bits per heavy atom. The first-order valence-electron chi connectivity index (χ1n) is 14.9. The second-order valence-electron chi connectivity index (χ2n) is 12.1. The standard InChI is InChI=1S/C31H41ClN6O4/c1-20-5-6-26(13-27(20)32)38(30(41)23-7-11-35(12-8-23)18-28(39)40)10-4-9-36-14-24-16-37(17-25(24)15-36)31(42)29-21(2)33-19-34-22(29)3/h5-6,13,19,23-25H,4,7-12,14-18H2,1-3H3,(H,39,40). The molecule has 11 heteroatoms. The SMILES string of the molecule is Cc1ccc(N(CCCN2CC3CN(C(=O)c4c(C)ncnc4C)CC3C2)C(=O)C2CCN(CC(=O)O)CC2)cc1Cl. The fourth-order valence-electron chi connectivity index (χ4n) is 6.82. The van der Waals surface area contributed by atoms with Crippen LogP contribution in [0, 0.1) is 38.5 Å². The Kier molecular flexibility index (Phi) is 9.44. The van der Waals surface area contributed by atoms with Crippen molar-refractivity contribution in [2.24, 2.45) is 17.8 Å². The number of piperidine rings is 1. The van der Waals surface area contributed by atoms with Gasteiger partial charge in [-0.3, -0.25) is 19.3 Å². The predicted molar refractivity (Wildman–Crippen MR) is 161 cm³/mol. The zero-order valence-corrected chi connectivity index (χ0v) is 25.5. The summed E-state index contributed by atoms with van der Waals surface area (Å²) in [6.45, 7) is 11.8. The third kappa shape index (κ3) is 6.76. The third-order valence-electron chi connectivity index (χ3n) is 9.17. The molecule has 2 atom stereocenters. The van der Waals surface area contributed by atoms with Crippen LogP contribution in [0.5, 0.6) is 0 Å². The van der Waals surface area contributed by atoms with Crippen molar-refractivity contribution >= 4 is 35.1 Å². The fourth-order valence-corrected chi connectivity index (χ4v) is 6.99. The molecule has 3 aliphatic rings. The van der Waals surface area contributed by atoms with Crippen molar-refractivity contribution in [2.45, 2.75) is 40.0 Å². The largest absolute Gasteiger partial charge is 0.480 e. The molecule has 0 spiro atoms. The van der Waals surface area contributed by atoms with Crippen LogP contribution in [-0.2, 0) is 9.59 Å².